The van der Waals surface area contributed by atoms with Crippen molar-refractivity contribution in [3.05, 3.63) is 28.8 Å². The van der Waals surface area contributed by atoms with Crippen LogP contribution in [0.4, 0.5) is 4.79 Å². The Balaban J connectivity index is 2.13. The van der Waals surface area contributed by atoms with E-state index in [9.17, 15) is 4.79 Å². The van der Waals surface area contributed by atoms with Crippen molar-refractivity contribution in [2.24, 2.45) is 0 Å². The van der Waals surface area contributed by atoms with Crippen LogP contribution < -0.4 is 15.4 Å². The first-order chi connectivity index (χ1) is 11.8. The molecule has 1 aromatic rings. The molecular formula is C19H31ClN2O3. The van der Waals surface area contributed by atoms with Gasteiger partial charge in [-0.2, -0.15) is 0 Å². The van der Waals surface area contributed by atoms with E-state index in [0.717, 1.165) is 43.7 Å². The van der Waals surface area contributed by atoms with Gasteiger partial charge in [-0.3, -0.25) is 0 Å². The van der Waals surface area contributed by atoms with Crippen molar-refractivity contribution in [2.75, 3.05) is 19.7 Å². The van der Waals surface area contributed by atoms with Gasteiger partial charge in [0.25, 0.3) is 0 Å². The maximum Gasteiger partial charge on any atom is 0.407 e. The molecule has 5 nitrogen and oxygen atoms in total. The highest BCUT2D eigenvalue weighted by Gasteiger charge is 2.15. The second kappa shape index (κ2) is 11.2. The van der Waals surface area contributed by atoms with Crippen LogP contribution in [-0.4, -0.2) is 31.4 Å². The van der Waals surface area contributed by atoms with Crippen LogP contribution in [0.1, 0.15) is 52.5 Å². The number of hydrogen-bond acceptors (Lipinski definition) is 4. The molecule has 1 rings (SSSR count). The first-order valence-electron chi connectivity index (χ1n) is 8.90. The average molecular weight is 371 g/mol. The van der Waals surface area contributed by atoms with E-state index >= 15 is 0 Å². The average Bonchev–Trinajstić information content (AvgIpc) is 2.50. The summed E-state index contributed by atoms with van der Waals surface area (Å²) in [6.07, 6.45) is 2.66. The molecule has 0 heterocycles. The molecule has 1 aromatic carbocycles. The number of nitrogens with one attached hydrogen (secondary N) is 2. The summed E-state index contributed by atoms with van der Waals surface area (Å²) in [6.45, 7) is 10.4. The maximum atomic E-state index is 11.5. The molecule has 0 saturated carbocycles. The first kappa shape index (κ1) is 21.6. The molecule has 0 atom stereocenters. The Hall–Kier alpha value is -1.46. The van der Waals surface area contributed by atoms with E-state index in [0.29, 0.717) is 18.2 Å². The Morgan fingerprint density at radius 3 is 2.56 bits per heavy atom. The van der Waals surface area contributed by atoms with Gasteiger partial charge >= 0.3 is 6.09 Å². The van der Waals surface area contributed by atoms with Crippen LogP contribution in [0, 0.1) is 0 Å². The largest absolute Gasteiger partial charge is 0.494 e. The van der Waals surface area contributed by atoms with E-state index in [-0.39, 0.29) is 6.09 Å². The number of halogens is 1. The second-order valence-electron chi connectivity index (χ2n) is 6.85. The number of carbonyl (C=O) groups is 1. The number of hydrogen-bond donors (Lipinski definition) is 2. The fraction of sp³-hybridized carbons (Fsp3) is 0.632. The van der Waals surface area contributed by atoms with E-state index < -0.39 is 5.60 Å². The van der Waals surface area contributed by atoms with Crippen LogP contribution in [0.25, 0.3) is 0 Å². The lowest BCUT2D eigenvalue weighted by molar-refractivity contribution is 0.0527. The molecule has 2 N–H and O–H groups in total. The van der Waals surface area contributed by atoms with Crippen LogP contribution in [0.5, 0.6) is 5.75 Å². The van der Waals surface area contributed by atoms with Gasteiger partial charge in [0, 0.05) is 23.7 Å². The lowest BCUT2D eigenvalue weighted by Crippen LogP contribution is -2.33. The van der Waals surface area contributed by atoms with Gasteiger partial charge in [0.2, 0.25) is 0 Å². The summed E-state index contributed by atoms with van der Waals surface area (Å²) < 4.78 is 10.8. The molecule has 1 amide bonds. The highest BCUT2D eigenvalue weighted by atomic mass is 35.5. The number of carbonyl (C=O) groups excluding carboxylic acids is 1. The highest BCUT2D eigenvalue weighted by Crippen LogP contribution is 2.22. The maximum absolute atomic E-state index is 11.5. The van der Waals surface area contributed by atoms with Crippen molar-refractivity contribution >= 4 is 17.7 Å². The van der Waals surface area contributed by atoms with E-state index in [4.69, 9.17) is 21.1 Å². The quantitative estimate of drug-likeness (QED) is 0.594. The Morgan fingerprint density at radius 2 is 1.88 bits per heavy atom. The predicted molar refractivity (Wildman–Crippen MR) is 102 cm³/mol. The van der Waals surface area contributed by atoms with E-state index in [1.165, 1.54) is 0 Å². The zero-order valence-corrected chi connectivity index (χ0v) is 16.5. The smallest absolute Gasteiger partial charge is 0.407 e. The number of benzene rings is 1. The number of amides is 1. The summed E-state index contributed by atoms with van der Waals surface area (Å²) in [5, 5.41) is 6.89. The fourth-order valence-corrected chi connectivity index (χ4v) is 2.46. The Labute approximate surface area is 156 Å². The standard InChI is InChI=1S/C19H31ClN2O3/c1-5-24-17-10-9-16(20)13-15(17)14-21-11-7-6-8-12-22-18(23)25-19(2,3)4/h9-10,13,21H,5-8,11-12,14H2,1-4H3,(H,22,23). The van der Waals surface area contributed by atoms with Crippen molar-refractivity contribution in [2.45, 2.75) is 59.1 Å². The molecule has 25 heavy (non-hydrogen) atoms. The van der Waals surface area contributed by atoms with Crippen molar-refractivity contribution in [1.29, 1.82) is 0 Å². The minimum Gasteiger partial charge on any atom is -0.494 e. The molecule has 0 spiro atoms. The van der Waals surface area contributed by atoms with E-state index in [1.807, 2.05) is 45.9 Å². The van der Waals surface area contributed by atoms with Gasteiger partial charge in [-0.05, 0) is 65.3 Å². The third-order valence-corrected chi connectivity index (χ3v) is 3.57. The Morgan fingerprint density at radius 1 is 1.16 bits per heavy atom. The van der Waals surface area contributed by atoms with E-state index in [2.05, 4.69) is 10.6 Å². The van der Waals surface area contributed by atoms with Gasteiger partial charge < -0.3 is 20.1 Å². The zero-order chi connectivity index (χ0) is 18.7. The zero-order valence-electron chi connectivity index (χ0n) is 15.8. The number of ether oxygens (including phenoxy) is 2. The molecule has 0 aromatic heterocycles. The van der Waals surface area contributed by atoms with Crippen molar-refractivity contribution in [3.63, 3.8) is 0 Å². The molecule has 0 fully saturated rings. The summed E-state index contributed by atoms with van der Waals surface area (Å²) in [5.74, 6) is 0.876. The van der Waals surface area contributed by atoms with Crippen LogP contribution in [0.15, 0.2) is 18.2 Å². The van der Waals surface area contributed by atoms with Crippen molar-refractivity contribution in [1.82, 2.24) is 10.6 Å². The molecule has 6 heteroatoms. The minimum atomic E-state index is -0.450. The second-order valence-corrected chi connectivity index (χ2v) is 7.29. The van der Waals surface area contributed by atoms with Crippen molar-refractivity contribution < 1.29 is 14.3 Å². The predicted octanol–water partition coefficient (Wildman–Crippen LogP) is 4.52. The lowest BCUT2D eigenvalue weighted by atomic mass is 10.2. The van der Waals surface area contributed by atoms with Gasteiger partial charge in [-0.15, -0.1) is 0 Å². The summed E-state index contributed by atoms with van der Waals surface area (Å²) in [5.41, 5.74) is 0.621. The molecule has 0 aliphatic rings. The van der Waals surface area contributed by atoms with Crippen LogP contribution in [0.3, 0.4) is 0 Å². The van der Waals surface area contributed by atoms with Crippen LogP contribution in [0.2, 0.25) is 5.02 Å². The molecule has 0 aliphatic carbocycles. The topological polar surface area (TPSA) is 59.6 Å². The molecular weight excluding hydrogens is 340 g/mol. The summed E-state index contributed by atoms with van der Waals surface area (Å²) >= 11 is 6.05. The highest BCUT2D eigenvalue weighted by molar-refractivity contribution is 6.30. The first-order valence-corrected chi connectivity index (χ1v) is 9.28. The summed E-state index contributed by atoms with van der Waals surface area (Å²) in [4.78, 5) is 11.5. The normalized spacial score (nSPS) is 11.2. The van der Waals surface area contributed by atoms with E-state index in [1.54, 1.807) is 0 Å². The number of alkyl carbamates (subject to hydrolysis) is 1. The SMILES string of the molecule is CCOc1ccc(Cl)cc1CNCCCCCNC(=O)OC(C)(C)C. The molecule has 0 unspecified atom stereocenters. The van der Waals surface area contributed by atoms with Crippen LogP contribution in [-0.2, 0) is 11.3 Å². The van der Waals surface area contributed by atoms with Gasteiger partial charge in [-0.25, -0.2) is 4.79 Å². The minimum absolute atomic E-state index is 0.352. The third-order valence-electron chi connectivity index (χ3n) is 3.34. The van der Waals surface area contributed by atoms with Gasteiger partial charge in [0.15, 0.2) is 0 Å². The fourth-order valence-electron chi connectivity index (χ4n) is 2.26. The molecule has 0 bridgehead atoms. The van der Waals surface area contributed by atoms with Crippen LogP contribution >= 0.6 is 11.6 Å². The monoisotopic (exact) mass is 370 g/mol. The van der Waals surface area contributed by atoms with Crippen molar-refractivity contribution in [3.8, 4) is 5.75 Å². The molecule has 0 aliphatic heterocycles. The Bertz CT molecular complexity index is 530. The van der Waals surface area contributed by atoms with Gasteiger partial charge in [-0.1, -0.05) is 18.0 Å². The number of rotatable bonds is 10. The lowest BCUT2D eigenvalue weighted by Gasteiger charge is -2.19. The number of unbranched alkanes of at least 4 members (excludes halogenated alkanes) is 2. The summed E-state index contributed by atoms with van der Waals surface area (Å²) in [7, 11) is 0. The third kappa shape index (κ3) is 10.2. The summed E-state index contributed by atoms with van der Waals surface area (Å²) in [6, 6.07) is 5.68. The van der Waals surface area contributed by atoms with Gasteiger partial charge in [0.1, 0.15) is 11.4 Å². The van der Waals surface area contributed by atoms with Gasteiger partial charge in [0.05, 0.1) is 6.61 Å². The molecule has 0 saturated heterocycles. The molecule has 0 radical (unpaired) electrons. The molecule has 142 valence electrons. The Kier molecular flexibility index (Phi) is 9.68.